The molecule has 6 nitrogen and oxygen atoms in total. The van der Waals surface area contributed by atoms with Gasteiger partial charge in [0, 0.05) is 26.8 Å². The normalized spacial score (nSPS) is 10.5. The Kier molecular flexibility index (Phi) is 5.91. The number of ether oxygens (including phenoxy) is 1. The molecule has 0 amide bonds. The molecular weight excluding hydrogens is 285 g/mol. The average molecular weight is 305 g/mol. The van der Waals surface area contributed by atoms with E-state index in [-0.39, 0.29) is 5.82 Å². The van der Waals surface area contributed by atoms with Crippen molar-refractivity contribution in [3.8, 4) is 0 Å². The molecule has 0 bridgehead atoms. The molecule has 0 saturated heterocycles. The molecular formula is C15H20FN5O. The zero-order chi connectivity index (χ0) is 15.8. The van der Waals surface area contributed by atoms with Crippen LogP contribution in [0.5, 0.6) is 0 Å². The van der Waals surface area contributed by atoms with Crippen molar-refractivity contribution in [1.29, 1.82) is 0 Å². The van der Waals surface area contributed by atoms with Crippen LogP contribution in [0.2, 0.25) is 0 Å². The zero-order valence-electron chi connectivity index (χ0n) is 12.5. The lowest BCUT2D eigenvalue weighted by Gasteiger charge is -2.12. The Morgan fingerprint density at radius 2 is 1.82 bits per heavy atom. The Bertz CT molecular complexity index is 591. The highest BCUT2D eigenvalue weighted by Gasteiger charge is 2.07. The Balaban J connectivity index is 1.94. The number of methoxy groups -OCH3 is 1. The Hall–Kier alpha value is -2.41. The topological polar surface area (TPSA) is 85.1 Å². The van der Waals surface area contributed by atoms with Crippen LogP contribution in [0.3, 0.4) is 0 Å². The molecule has 0 aliphatic heterocycles. The minimum absolute atomic E-state index is 0.257. The molecule has 0 radical (unpaired) electrons. The number of anilines is 3. The van der Waals surface area contributed by atoms with E-state index in [0.29, 0.717) is 37.0 Å². The molecule has 0 aliphatic carbocycles. The van der Waals surface area contributed by atoms with Gasteiger partial charge in [-0.2, -0.15) is 0 Å². The smallest absolute Gasteiger partial charge is 0.155 e. The summed E-state index contributed by atoms with van der Waals surface area (Å²) in [4.78, 5) is 8.26. The van der Waals surface area contributed by atoms with E-state index in [1.807, 2.05) is 0 Å². The van der Waals surface area contributed by atoms with Gasteiger partial charge in [0.25, 0.3) is 0 Å². The lowest BCUT2D eigenvalue weighted by molar-refractivity contribution is 0.198. The fourth-order valence-electron chi connectivity index (χ4n) is 1.89. The standard InChI is InChI=1S/C15H20FN5O/c1-22-8-2-7-18-14-13(17)15(21-10-20-14)19-9-11-3-5-12(16)6-4-11/h3-6,10H,2,7-9,17H2,1H3,(H2,18,19,20,21). The van der Waals surface area contributed by atoms with Crippen molar-refractivity contribution in [1.82, 2.24) is 9.97 Å². The highest BCUT2D eigenvalue weighted by molar-refractivity contribution is 5.73. The maximum absolute atomic E-state index is 12.9. The summed E-state index contributed by atoms with van der Waals surface area (Å²) >= 11 is 0. The highest BCUT2D eigenvalue weighted by atomic mass is 19.1. The molecule has 7 heteroatoms. The predicted octanol–water partition coefficient (Wildman–Crippen LogP) is 2.26. The first kappa shape index (κ1) is 16.0. The van der Waals surface area contributed by atoms with Crippen molar-refractivity contribution in [2.45, 2.75) is 13.0 Å². The van der Waals surface area contributed by atoms with Gasteiger partial charge in [-0.1, -0.05) is 12.1 Å². The Labute approximate surface area is 128 Å². The van der Waals surface area contributed by atoms with E-state index in [4.69, 9.17) is 10.5 Å². The van der Waals surface area contributed by atoms with Crippen LogP contribution in [0.15, 0.2) is 30.6 Å². The maximum atomic E-state index is 12.9. The Morgan fingerprint density at radius 3 is 2.50 bits per heavy atom. The van der Waals surface area contributed by atoms with Gasteiger partial charge in [-0.05, 0) is 24.1 Å². The first-order valence-corrected chi connectivity index (χ1v) is 7.02. The molecule has 1 heterocycles. The number of benzene rings is 1. The first-order chi connectivity index (χ1) is 10.7. The molecule has 4 N–H and O–H groups in total. The summed E-state index contributed by atoms with van der Waals surface area (Å²) in [5.41, 5.74) is 7.44. The van der Waals surface area contributed by atoms with Crippen LogP contribution in [0.4, 0.5) is 21.7 Å². The molecule has 0 saturated carbocycles. The monoisotopic (exact) mass is 305 g/mol. The van der Waals surface area contributed by atoms with E-state index >= 15 is 0 Å². The van der Waals surface area contributed by atoms with Gasteiger partial charge in [0.1, 0.15) is 17.8 Å². The fourth-order valence-corrected chi connectivity index (χ4v) is 1.89. The molecule has 0 spiro atoms. The molecule has 1 aromatic heterocycles. The summed E-state index contributed by atoms with van der Waals surface area (Å²) in [6.45, 7) is 1.89. The third-order valence-electron chi connectivity index (χ3n) is 3.07. The number of hydrogen-bond donors (Lipinski definition) is 3. The number of halogens is 1. The third kappa shape index (κ3) is 4.56. The number of nitrogens with zero attached hydrogens (tertiary/aromatic N) is 2. The zero-order valence-corrected chi connectivity index (χ0v) is 12.5. The molecule has 0 fully saturated rings. The van der Waals surface area contributed by atoms with E-state index in [2.05, 4.69) is 20.6 Å². The summed E-state index contributed by atoms with van der Waals surface area (Å²) < 4.78 is 17.8. The van der Waals surface area contributed by atoms with Crippen molar-refractivity contribution in [3.05, 3.63) is 42.0 Å². The number of nitrogens with one attached hydrogen (secondary N) is 2. The quantitative estimate of drug-likeness (QED) is 0.649. The van der Waals surface area contributed by atoms with Crippen LogP contribution in [-0.4, -0.2) is 30.2 Å². The largest absolute Gasteiger partial charge is 0.393 e. The second kappa shape index (κ2) is 8.14. The summed E-state index contributed by atoms with van der Waals surface area (Å²) in [6, 6.07) is 6.26. The van der Waals surface area contributed by atoms with Gasteiger partial charge in [0.15, 0.2) is 11.6 Å². The van der Waals surface area contributed by atoms with Crippen molar-refractivity contribution in [2.75, 3.05) is 36.6 Å². The molecule has 1 aromatic carbocycles. The molecule has 0 atom stereocenters. The van der Waals surface area contributed by atoms with Crippen molar-refractivity contribution in [2.24, 2.45) is 0 Å². The third-order valence-corrected chi connectivity index (χ3v) is 3.07. The van der Waals surface area contributed by atoms with Gasteiger partial charge in [-0.15, -0.1) is 0 Å². The average Bonchev–Trinajstić information content (AvgIpc) is 2.53. The van der Waals surface area contributed by atoms with Crippen LogP contribution in [-0.2, 0) is 11.3 Å². The summed E-state index contributed by atoms with van der Waals surface area (Å²) in [6.07, 6.45) is 2.31. The van der Waals surface area contributed by atoms with Gasteiger partial charge in [0.2, 0.25) is 0 Å². The van der Waals surface area contributed by atoms with Gasteiger partial charge < -0.3 is 21.1 Å². The van der Waals surface area contributed by atoms with Crippen molar-refractivity contribution >= 4 is 17.3 Å². The van der Waals surface area contributed by atoms with Crippen molar-refractivity contribution < 1.29 is 9.13 Å². The first-order valence-electron chi connectivity index (χ1n) is 7.02. The maximum Gasteiger partial charge on any atom is 0.155 e. The molecule has 2 rings (SSSR count). The van der Waals surface area contributed by atoms with E-state index in [1.165, 1.54) is 18.5 Å². The van der Waals surface area contributed by atoms with E-state index in [0.717, 1.165) is 12.0 Å². The van der Waals surface area contributed by atoms with Crippen LogP contribution in [0, 0.1) is 5.82 Å². The predicted molar refractivity (Wildman–Crippen MR) is 85.2 cm³/mol. The second-order valence-electron chi connectivity index (χ2n) is 4.74. The van der Waals surface area contributed by atoms with E-state index < -0.39 is 0 Å². The van der Waals surface area contributed by atoms with Crippen LogP contribution < -0.4 is 16.4 Å². The summed E-state index contributed by atoms with van der Waals surface area (Å²) in [5.74, 6) is 0.883. The fraction of sp³-hybridized carbons (Fsp3) is 0.333. The minimum Gasteiger partial charge on any atom is -0.393 e. The van der Waals surface area contributed by atoms with Crippen LogP contribution in [0.25, 0.3) is 0 Å². The molecule has 2 aromatic rings. The molecule has 0 unspecified atom stereocenters. The number of aromatic nitrogens is 2. The van der Waals surface area contributed by atoms with Gasteiger partial charge >= 0.3 is 0 Å². The van der Waals surface area contributed by atoms with E-state index in [1.54, 1.807) is 19.2 Å². The van der Waals surface area contributed by atoms with Gasteiger partial charge in [-0.25, -0.2) is 14.4 Å². The van der Waals surface area contributed by atoms with E-state index in [9.17, 15) is 4.39 Å². The van der Waals surface area contributed by atoms with Gasteiger partial charge in [-0.3, -0.25) is 0 Å². The number of nitrogens with two attached hydrogens (primary N) is 1. The number of nitrogen functional groups attached to an aromatic ring is 1. The molecule has 118 valence electrons. The lowest BCUT2D eigenvalue weighted by Crippen LogP contribution is -2.11. The lowest BCUT2D eigenvalue weighted by atomic mass is 10.2. The minimum atomic E-state index is -0.257. The second-order valence-corrected chi connectivity index (χ2v) is 4.74. The van der Waals surface area contributed by atoms with Crippen LogP contribution in [0.1, 0.15) is 12.0 Å². The molecule has 22 heavy (non-hydrogen) atoms. The number of hydrogen-bond acceptors (Lipinski definition) is 6. The summed E-state index contributed by atoms with van der Waals surface area (Å²) in [5, 5.41) is 6.28. The van der Waals surface area contributed by atoms with Crippen molar-refractivity contribution in [3.63, 3.8) is 0 Å². The summed E-state index contributed by atoms with van der Waals surface area (Å²) in [7, 11) is 1.66. The van der Waals surface area contributed by atoms with Gasteiger partial charge in [0.05, 0.1) is 0 Å². The SMILES string of the molecule is COCCCNc1ncnc(NCc2ccc(F)cc2)c1N. The molecule has 0 aliphatic rings. The number of rotatable bonds is 8. The Morgan fingerprint density at radius 1 is 1.14 bits per heavy atom. The highest BCUT2D eigenvalue weighted by Crippen LogP contribution is 2.22. The van der Waals surface area contributed by atoms with Crippen LogP contribution >= 0.6 is 0 Å².